The van der Waals surface area contributed by atoms with E-state index in [0.29, 0.717) is 26.2 Å². The van der Waals surface area contributed by atoms with Crippen LogP contribution in [-0.2, 0) is 48.3 Å². The molecule has 1 aliphatic heterocycles. The maximum Gasteiger partial charge on any atom is 0.305 e. The number of thioether (sulfide) groups is 1. The summed E-state index contributed by atoms with van der Waals surface area (Å²) >= 11 is 1.64. The largest absolute Gasteiger partial charge is 0.469 e. The van der Waals surface area contributed by atoms with Gasteiger partial charge in [0.1, 0.15) is 23.7 Å². The number of hydrogen-bond acceptors (Lipinski definition) is 7. The minimum absolute atomic E-state index is 0.168. The van der Waals surface area contributed by atoms with Gasteiger partial charge in [-0.1, -0.05) is 104 Å². The second-order valence-corrected chi connectivity index (χ2v) is 11.2. The van der Waals surface area contributed by atoms with Crippen LogP contribution in [0.4, 0.5) is 0 Å². The van der Waals surface area contributed by atoms with E-state index in [9.17, 15) is 4.79 Å². The van der Waals surface area contributed by atoms with E-state index in [1.807, 2.05) is 54.6 Å². The van der Waals surface area contributed by atoms with Gasteiger partial charge in [-0.15, -0.1) is 11.8 Å². The minimum Gasteiger partial charge on any atom is -0.469 e. The predicted octanol–water partition coefficient (Wildman–Crippen LogP) is 6.95. The molecule has 1 saturated heterocycles. The molecule has 3 aromatic rings. The van der Waals surface area contributed by atoms with Gasteiger partial charge in [-0.25, -0.2) is 0 Å². The molecule has 0 saturated carbocycles. The molecule has 0 spiro atoms. The summed E-state index contributed by atoms with van der Waals surface area (Å²) in [6, 6.07) is 30.6. The van der Waals surface area contributed by atoms with Crippen LogP contribution in [0.5, 0.6) is 0 Å². The summed E-state index contributed by atoms with van der Waals surface area (Å²) in [5.41, 5.74) is 3.09. The molecule has 1 aliphatic rings. The lowest BCUT2D eigenvalue weighted by Gasteiger charge is -2.46. The molecule has 4 rings (SSSR count). The van der Waals surface area contributed by atoms with Crippen LogP contribution in [0.1, 0.15) is 48.8 Å². The molecule has 1 fully saturated rings. The zero-order valence-electron chi connectivity index (χ0n) is 24.1. The van der Waals surface area contributed by atoms with Crippen molar-refractivity contribution in [2.24, 2.45) is 0 Å². The van der Waals surface area contributed by atoms with E-state index in [2.05, 4.69) is 42.7 Å². The molecular formula is C34H42O6S. The van der Waals surface area contributed by atoms with Gasteiger partial charge in [0.05, 0.1) is 33.0 Å². The second-order valence-electron chi connectivity index (χ2n) is 10.2. The first-order valence-electron chi connectivity index (χ1n) is 14.4. The Bertz CT molecular complexity index is 1130. The van der Waals surface area contributed by atoms with Crippen LogP contribution in [0.15, 0.2) is 91.0 Å². The summed E-state index contributed by atoms with van der Waals surface area (Å²) in [5.74, 6) is -0.168. The first-order chi connectivity index (χ1) is 20.2. The Morgan fingerprint density at radius 3 is 1.66 bits per heavy atom. The fourth-order valence-corrected chi connectivity index (χ4v) is 5.82. The molecule has 220 valence electrons. The summed E-state index contributed by atoms with van der Waals surface area (Å²) in [7, 11) is 1.43. The maximum absolute atomic E-state index is 11.6. The second kappa shape index (κ2) is 17.3. The summed E-state index contributed by atoms with van der Waals surface area (Å²) in [4.78, 5) is 11.6. The molecule has 3 aromatic carbocycles. The summed E-state index contributed by atoms with van der Waals surface area (Å²) in [6.45, 7) is 1.36. The highest BCUT2D eigenvalue weighted by Crippen LogP contribution is 2.36. The smallest absolute Gasteiger partial charge is 0.305 e. The number of benzene rings is 3. The van der Waals surface area contributed by atoms with Gasteiger partial charge in [0, 0.05) is 6.42 Å². The third-order valence-corrected chi connectivity index (χ3v) is 8.12. The number of carbonyl (C=O) groups excluding carboxylic acids is 1. The Hall–Kier alpha value is -2.68. The highest BCUT2D eigenvalue weighted by atomic mass is 32.2. The van der Waals surface area contributed by atoms with E-state index in [1.165, 1.54) is 7.11 Å². The number of unbranched alkanes of at least 4 members (excludes halogenated alkanes) is 2. The third kappa shape index (κ3) is 9.97. The van der Waals surface area contributed by atoms with Crippen molar-refractivity contribution in [3.8, 4) is 0 Å². The maximum atomic E-state index is 11.6. The van der Waals surface area contributed by atoms with Gasteiger partial charge in [-0.2, -0.15) is 0 Å². The van der Waals surface area contributed by atoms with Gasteiger partial charge in [0.15, 0.2) is 0 Å². The van der Waals surface area contributed by atoms with Crippen LogP contribution in [0.2, 0.25) is 0 Å². The molecule has 0 N–H and O–H groups in total. The highest BCUT2D eigenvalue weighted by Gasteiger charge is 2.47. The molecule has 6 nitrogen and oxygen atoms in total. The Morgan fingerprint density at radius 2 is 1.17 bits per heavy atom. The lowest BCUT2D eigenvalue weighted by molar-refractivity contribution is -0.247. The predicted molar refractivity (Wildman–Crippen MR) is 162 cm³/mol. The molecule has 0 aliphatic carbocycles. The van der Waals surface area contributed by atoms with Crippen molar-refractivity contribution in [3.63, 3.8) is 0 Å². The monoisotopic (exact) mass is 578 g/mol. The standard InChI is InChI=1S/C34H42O6S/c1-36-30(35)22-14-6-13-21-29-31(37-23-26-15-7-3-8-16-26)32(38-24-27-17-9-4-10-18-27)33(34(40-29)41-2)39-25-28-19-11-5-12-20-28/h3-5,7-12,15-20,29,31-34H,6,13-14,21-25H2,1-2H3/t29-,31+,32+,33-,34+/m0/s1. The first kappa shape index (κ1) is 31.3. The Morgan fingerprint density at radius 1 is 0.683 bits per heavy atom. The number of esters is 1. The van der Waals surface area contributed by atoms with Gasteiger partial charge in [0.25, 0.3) is 0 Å². The van der Waals surface area contributed by atoms with Gasteiger partial charge in [-0.05, 0) is 35.8 Å². The van der Waals surface area contributed by atoms with Crippen molar-refractivity contribution in [2.45, 2.75) is 81.8 Å². The van der Waals surface area contributed by atoms with Crippen molar-refractivity contribution < 1.29 is 28.5 Å². The third-order valence-electron chi connectivity index (χ3n) is 7.28. The highest BCUT2D eigenvalue weighted by molar-refractivity contribution is 7.99. The van der Waals surface area contributed by atoms with Gasteiger partial charge in [-0.3, -0.25) is 4.79 Å². The number of hydrogen-bond donors (Lipinski definition) is 0. The zero-order chi connectivity index (χ0) is 28.7. The molecular weight excluding hydrogens is 536 g/mol. The van der Waals surface area contributed by atoms with Crippen LogP contribution < -0.4 is 0 Å². The van der Waals surface area contributed by atoms with Crippen molar-refractivity contribution in [1.82, 2.24) is 0 Å². The van der Waals surface area contributed by atoms with Crippen molar-refractivity contribution in [3.05, 3.63) is 108 Å². The van der Waals surface area contributed by atoms with Crippen LogP contribution in [-0.4, -0.2) is 49.2 Å². The summed E-state index contributed by atoms with van der Waals surface area (Å²) < 4.78 is 31.4. The van der Waals surface area contributed by atoms with Crippen molar-refractivity contribution >= 4 is 17.7 Å². The van der Waals surface area contributed by atoms with Crippen LogP contribution in [0.25, 0.3) is 0 Å². The van der Waals surface area contributed by atoms with Gasteiger partial charge >= 0.3 is 5.97 Å². The van der Waals surface area contributed by atoms with Crippen LogP contribution >= 0.6 is 11.8 Å². The van der Waals surface area contributed by atoms with E-state index in [-0.39, 0.29) is 35.8 Å². The summed E-state index contributed by atoms with van der Waals surface area (Å²) in [5, 5.41) is 0. The zero-order valence-corrected chi connectivity index (χ0v) is 24.9. The van der Waals surface area contributed by atoms with E-state index >= 15 is 0 Å². The molecule has 1 heterocycles. The van der Waals surface area contributed by atoms with Gasteiger partial charge in [0.2, 0.25) is 0 Å². The fraction of sp³-hybridized carbons (Fsp3) is 0.441. The van der Waals surface area contributed by atoms with Crippen molar-refractivity contribution in [1.29, 1.82) is 0 Å². The van der Waals surface area contributed by atoms with E-state index in [4.69, 9.17) is 23.7 Å². The first-order valence-corrected chi connectivity index (χ1v) is 15.7. The number of carbonyl (C=O) groups is 1. The topological polar surface area (TPSA) is 63.2 Å². The quantitative estimate of drug-likeness (QED) is 0.135. The molecule has 0 radical (unpaired) electrons. The Kier molecular flexibility index (Phi) is 13.2. The van der Waals surface area contributed by atoms with Gasteiger partial charge < -0.3 is 23.7 Å². The average Bonchev–Trinajstić information content (AvgIpc) is 3.03. The molecule has 0 aromatic heterocycles. The van der Waals surface area contributed by atoms with Crippen LogP contribution in [0.3, 0.4) is 0 Å². The fourth-order valence-electron chi connectivity index (χ4n) is 5.06. The minimum atomic E-state index is -0.339. The normalized spacial score (nSPS) is 22.3. The molecule has 0 amide bonds. The molecule has 0 unspecified atom stereocenters. The Balaban J connectivity index is 1.54. The molecule has 0 bridgehead atoms. The Labute approximate surface area is 248 Å². The van der Waals surface area contributed by atoms with Crippen LogP contribution in [0, 0.1) is 0 Å². The number of rotatable bonds is 16. The molecule has 41 heavy (non-hydrogen) atoms. The van der Waals surface area contributed by atoms with E-state index in [0.717, 1.165) is 42.4 Å². The summed E-state index contributed by atoms with van der Waals surface area (Å²) in [6.07, 6.45) is 4.72. The van der Waals surface area contributed by atoms with E-state index < -0.39 is 0 Å². The molecule has 7 heteroatoms. The molecule has 5 atom stereocenters. The lowest BCUT2D eigenvalue weighted by Crippen LogP contribution is -2.59. The lowest BCUT2D eigenvalue weighted by atomic mass is 9.94. The van der Waals surface area contributed by atoms with E-state index in [1.54, 1.807) is 11.8 Å². The average molecular weight is 579 g/mol. The SMILES string of the molecule is COC(=O)CCCCC[C@@H]1O[C@H](SC)[C@@H](OCc2ccccc2)[C@H](OCc2ccccc2)[C@@H]1OCc1ccccc1. The number of methoxy groups -OCH3 is 1. The van der Waals surface area contributed by atoms with Crippen molar-refractivity contribution in [2.75, 3.05) is 13.4 Å². The number of ether oxygens (including phenoxy) is 5.